The van der Waals surface area contributed by atoms with E-state index in [2.05, 4.69) is 0 Å². The van der Waals surface area contributed by atoms with E-state index in [1.165, 1.54) is 0 Å². The number of benzene rings is 3. The van der Waals surface area contributed by atoms with E-state index in [0.717, 1.165) is 11.1 Å². The molecule has 0 aromatic heterocycles. The standard InChI is InChI=1S/C20H16F2.C2H6/c1-13-3-7-15(8-4-13)17-11-12-18(20(22)19(17)21)16-9-5-14(2)6-10-16;1-2/h3-12H,1-2H3;1-2H3. The Hall–Kier alpha value is -2.48. The normalized spacial score (nSPS) is 10.1. The first-order chi connectivity index (χ1) is 11.6. The minimum Gasteiger partial charge on any atom is -0.203 e. The van der Waals surface area contributed by atoms with E-state index in [1.54, 1.807) is 36.4 Å². The van der Waals surface area contributed by atoms with E-state index in [1.807, 2.05) is 52.0 Å². The van der Waals surface area contributed by atoms with Crippen LogP contribution in [0.1, 0.15) is 25.0 Å². The summed E-state index contributed by atoms with van der Waals surface area (Å²) in [6.07, 6.45) is 0. The fraction of sp³-hybridized carbons (Fsp3) is 0.182. The third kappa shape index (κ3) is 3.70. The maximum atomic E-state index is 14.4. The van der Waals surface area contributed by atoms with Gasteiger partial charge in [-0.25, -0.2) is 8.78 Å². The highest BCUT2D eigenvalue weighted by atomic mass is 19.2. The highest BCUT2D eigenvalue weighted by Crippen LogP contribution is 2.31. The zero-order valence-electron chi connectivity index (χ0n) is 14.5. The summed E-state index contributed by atoms with van der Waals surface area (Å²) < 4.78 is 28.9. The lowest BCUT2D eigenvalue weighted by Gasteiger charge is -2.09. The molecule has 0 amide bonds. The quantitative estimate of drug-likeness (QED) is 0.479. The van der Waals surface area contributed by atoms with Crippen molar-refractivity contribution in [3.8, 4) is 22.3 Å². The molecule has 0 aliphatic heterocycles. The Balaban J connectivity index is 0.00000100. The molecule has 0 saturated heterocycles. The second-order valence-electron chi connectivity index (χ2n) is 5.52. The molecule has 2 heteroatoms. The molecule has 3 aromatic carbocycles. The first-order valence-corrected chi connectivity index (χ1v) is 8.18. The van der Waals surface area contributed by atoms with Gasteiger partial charge in [0.2, 0.25) is 0 Å². The first kappa shape index (κ1) is 17.9. The van der Waals surface area contributed by atoms with Crippen LogP contribution in [0, 0.1) is 25.5 Å². The van der Waals surface area contributed by atoms with E-state index < -0.39 is 11.6 Å². The number of hydrogen-bond donors (Lipinski definition) is 0. The molecule has 0 saturated carbocycles. The second-order valence-corrected chi connectivity index (χ2v) is 5.52. The topological polar surface area (TPSA) is 0 Å². The van der Waals surface area contributed by atoms with E-state index in [9.17, 15) is 8.78 Å². The second kappa shape index (κ2) is 7.87. The molecule has 0 unspecified atom stereocenters. The van der Waals surface area contributed by atoms with Crippen LogP contribution in [0.5, 0.6) is 0 Å². The lowest BCUT2D eigenvalue weighted by molar-refractivity contribution is 0.514. The van der Waals surface area contributed by atoms with Gasteiger partial charge >= 0.3 is 0 Å². The molecular weight excluding hydrogens is 302 g/mol. The Kier molecular flexibility index (Phi) is 5.86. The van der Waals surface area contributed by atoms with Gasteiger partial charge in [0.05, 0.1) is 0 Å². The SMILES string of the molecule is CC.Cc1ccc(-c2ccc(-c3ccc(C)cc3)c(F)c2F)cc1. The van der Waals surface area contributed by atoms with Crippen molar-refractivity contribution in [1.82, 2.24) is 0 Å². The molecule has 124 valence electrons. The average molecular weight is 324 g/mol. The fourth-order valence-electron chi connectivity index (χ4n) is 2.46. The molecule has 3 aromatic rings. The molecule has 0 N–H and O–H groups in total. The van der Waals surface area contributed by atoms with E-state index in [-0.39, 0.29) is 11.1 Å². The predicted octanol–water partition coefficient (Wildman–Crippen LogP) is 6.94. The van der Waals surface area contributed by atoms with Gasteiger partial charge in [-0.3, -0.25) is 0 Å². The van der Waals surface area contributed by atoms with Crippen LogP contribution in [0.2, 0.25) is 0 Å². The highest BCUT2D eigenvalue weighted by Gasteiger charge is 2.15. The zero-order chi connectivity index (χ0) is 17.7. The molecule has 0 atom stereocenters. The van der Waals surface area contributed by atoms with Crippen LogP contribution in [0.15, 0.2) is 60.7 Å². The van der Waals surface area contributed by atoms with Gasteiger partial charge < -0.3 is 0 Å². The molecule has 3 rings (SSSR count). The van der Waals surface area contributed by atoms with Crippen molar-refractivity contribution in [1.29, 1.82) is 0 Å². The van der Waals surface area contributed by atoms with Gasteiger partial charge in [0.1, 0.15) is 0 Å². The summed E-state index contributed by atoms with van der Waals surface area (Å²) in [5.41, 5.74) is 4.10. The fourth-order valence-corrected chi connectivity index (χ4v) is 2.46. The molecular formula is C22H22F2. The maximum Gasteiger partial charge on any atom is 0.167 e. The molecule has 0 aliphatic carbocycles. The summed E-state index contributed by atoms with van der Waals surface area (Å²) in [6, 6.07) is 18.0. The van der Waals surface area contributed by atoms with Crippen LogP contribution in [0.25, 0.3) is 22.3 Å². The van der Waals surface area contributed by atoms with Gasteiger partial charge in [0.15, 0.2) is 11.6 Å². The number of rotatable bonds is 2. The summed E-state index contributed by atoms with van der Waals surface area (Å²) in [7, 11) is 0. The van der Waals surface area contributed by atoms with Gasteiger partial charge in [-0.05, 0) is 25.0 Å². The smallest absolute Gasteiger partial charge is 0.167 e. The van der Waals surface area contributed by atoms with E-state index >= 15 is 0 Å². The summed E-state index contributed by atoms with van der Waals surface area (Å²) >= 11 is 0. The van der Waals surface area contributed by atoms with Crippen LogP contribution in [0.3, 0.4) is 0 Å². The molecule has 0 fully saturated rings. The van der Waals surface area contributed by atoms with Crippen LogP contribution < -0.4 is 0 Å². The molecule has 0 nitrogen and oxygen atoms in total. The third-order valence-corrected chi connectivity index (χ3v) is 3.81. The molecule has 0 radical (unpaired) electrons. The monoisotopic (exact) mass is 324 g/mol. The molecule has 24 heavy (non-hydrogen) atoms. The summed E-state index contributed by atoms with van der Waals surface area (Å²) in [5, 5.41) is 0. The number of aryl methyl sites for hydroxylation is 2. The Morgan fingerprint density at radius 1 is 0.500 bits per heavy atom. The summed E-state index contributed by atoms with van der Waals surface area (Å²) in [6.45, 7) is 7.92. The van der Waals surface area contributed by atoms with Gasteiger partial charge in [-0.1, -0.05) is 85.6 Å². The molecule has 0 aliphatic rings. The van der Waals surface area contributed by atoms with Crippen LogP contribution >= 0.6 is 0 Å². The minimum atomic E-state index is -0.804. The van der Waals surface area contributed by atoms with Gasteiger partial charge in [0.25, 0.3) is 0 Å². The average Bonchev–Trinajstić information content (AvgIpc) is 2.61. The molecule has 0 bridgehead atoms. The van der Waals surface area contributed by atoms with Crippen molar-refractivity contribution in [3.05, 3.63) is 83.4 Å². The van der Waals surface area contributed by atoms with Crippen LogP contribution in [-0.2, 0) is 0 Å². The van der Waals surface area contributed by atoms with Gasteiger partial charge in [-0.15, -0.1) is 0 Å². The third-order valence-electron chi connectivity index (χ3n) is 3.81. The van der Waals surface area contributed by atoms with E-state index in [0.29, 0.717) is 11.1 Å². The highest BCUT2D eigenvalue weighted by molar-refractivity contribution is 5.72. The first-order valence-electron chi connectivity index (χ1n) is 8.18. The summed E-state index contributed by atoms with van der Waals surface area (Å²) in [4.78, 5) is 0. The largest absolute Gasteiger partial charge is 0.203 e. The van der Waals surface area contributed by atoms with Crippen molar-refractivity contribution < 1.29 is 8.78 Å². The Bertz CT molecular complexity index is 730. The van der Waals surface area contributed by atoms with Crippen molar-refractivity contribution >= 4 is 0 Å². The lowest BCUT2D eigenvalue weighted by atomic mass is 9.98. The van der Waals surface area contributed by atoms with Crippen molar-refractivity contribution in [2.75, 3.05) is 0 Å². The molecule has 0 spiro atoms. The lowest BCUT2D eigenvalue weighted by Crippen LogP contribution is -1.94. The van der Waals surface area contributed by atoms with Gasteiger partial charge in [-0.2, -0.15) is 0 Å². The van der Waals surface area contributed by atoms with Crippen molar-refractivity contribution in [3.63, 3.8) is 0 Å². The molecule has 0 heterocycles. The summed E-state index contributed by atoms with van der Waals surface area (Å²) in [5.74, 6) is -1.61. The minimum absolute atomic E-state index is 0.286. The van der Waals surface area contributed by atoms with Crippen LogP contribution in [-0.4, -0.2) is 0 Å². The Morgan fingerprint density at radius 2 is 0.792 bits per heavy atom. The number of halogens is 2. The zero-order valence-corrected chi connectivity index (χ0v) is 14.5. The Labute approximate surface area is 142 Å². The van der Waals surface area contributed by atoms with E-state index in [4.69, 9.17) is 0 Å². The number of hydrogen-bond acceptors (Lipinski definition) is 0. The van der Waals surface area contributed by atoms with Crippen molar-refractivity contribution in [2.45, 2.75) is 27.7 Å². The van der Waals surface area contributed by atoms with Crippen LogP contribution in [0.4, 0.5) is 8.78 Å². The Morgan fingerprint density at radius 3 is 1.08 bits per heavy atom. The maximum absolute atomic E-state index is 14.4. The van der Waals surface area contributed by atoms with Crippen molar-refractivity contribution in [2.24, 2.45) is 0 Å². The van der Waals surface area contributed by atoms with Gasteiger partial charge in [0, 0.05) is 11.1 Å². The predicted molar refractivity (Wildman–Crippen MR) is 98.1 cm³/mol.